The minimum absolute atomic E-state index is 0.293. The number of aliphatic carboxylic acids is 1. The lowest BCUT2D eigenvalue weighted by Crippen LogP contribution is -2.30. The van der Waals surface area contributed by atoms with Gasteiger partial charge < -0.3 is 14.6 Å². The van der Waals surface area contributed by atoms with Crippen molar-refractivity contribution in [2.45, 2.75) is 27.2 Å². The molecule has 0 aromatic heterocycles. The molecule has 0 bridgehead atoms. The van der Waals surface area contributed by atoms with Crippen molar-refractivity contribution >= 4 is 5.97 Å². The van der Waals surface area contributed by atoms with Crippen LogP contribution in [0.4, 0.5) is 0 Å². The Bertz CT molecular complexity index is 446. The second kappa shape index (κ2) is 5.95. The molecule has 0 fully saturated rings. The van der Waals surface area contributed by atoms with Crippen LogP contribution in [0, 0.1) is 11.3 Å². The van der Waals surface area contributed by atoms with E-state index >= 15 is 0 Å². The van der Waals surface area contributed by atoms with Gasteiger partial charge in [-0.2, -0.15) is 0 Å². The summed E-state index contributed by atoms with van der Waals surface area (Å²) in [7, 11) is 3.15. The minimum Gasteiger partial charge on any atom is -0.493 e. The maximum absolute atomic E-state index is 11.4. The van der Waals surface area contributed by atoms with E-state index < -0.39 is 11.9 Å². The Morgan fingerprint density at radius 1 is 1.21 bits per heavy atom. The van der Waals surface area contributed by atoms with E-state index in [4.69, 9.17) is 9.47 Å². The first-order chi connectivity index (χ1) is 8.79. The standard InChI is InChI=1S/C15H22O4/c1-15(2,3)11(14(16)17)8-10-6-7-12(18-4)13(9-10)19-5/h6-7,9,11H,8H2,1-5H3,(H,16,17). The Balaban J connectivity index is 3.01. The quantitative estimate of drug-likeness (QED) is 0.890. The van der Waals surface area contributed by atoms with Crippen LogP contribution in [0.15, 0.2) is 18.2 Å². The first kappa shape index (κ1) is 15.3. The molecular formula is C15H22O4. The zero-order chi connectivity index (χ0) is 14.6. The molecule has 1 aromatic rings. The van der Waals surface area contributed by atoms with Crippen LogP contribution in [0.3, 0.4) is 0 Å². The average Bonchev–Trinajstić information content (AvgIpc) is 2.33. The molecule has 1 N–H and O–H groups in total. The molecule has 1 atom stereocenters. The summed E-state index contributed by atoms with van der Waals surface area (Å²) in [6.45, 7) is 5.81. The van der Waals surface area contributed by atoms with E-state index in [1.165, 1.54) is 0 Å². The number of hydrogen-bond donors (Lipinski definition) is 1. The third-order valence-electron chi connectivity index (χ3n) is 3.23. The van der Waals surface area contributed by atoms with Gasteiger partial charge >= 0.3 is 5.97 Å². The maximum atomic E-state index is 11.4. The van der Waals surface area contributed by atoms with Crippen molar-refractivity contribution in [3.63, 3.8) is 0 Å². The second-order valence-electron chi connectivity index (χ2n) is 5.65. The molecule has 0 heterocycles. The number of carboxylic acid groups (broad SMARTS) is 1. The lowest BCUT2D eigenvalue weighted by Gasteiger charge is -2.27. The fraction of sp³-hybridized carbons (Fsp3) is 0.533. The molecule has 0 amide bonds. The number of carboxylic acids is 1. The largest absolute Gasteiger partial charge is 0.493 e. The molecule has 1 aromatic carbocycles. The molecule has 0 radical (unpaired) electrons. The van der Waals surface area contributed by atoms with Crippen molar-refractivity contribution in [2.75, 3.05) is 14.2 Å². The van der Waals surface area contributed by atoms with E-state index in [-0.39, 0.29) is 5.41 Å². The minimum atomic E-state index is -0.776. The van der Waals surface area contributed by atoms with E-state index in [0.29, 0.717) is 17.9 Å². The van der Waals surface area contributed by atoms with Crippen LogP contribution in [0.5, 0.6) is 11.5 Å². The molecule has 1 unspecified atom stereocenters. The number of carbonyl (C=O) groups is 1. The van der Waals surface area contributed by atoms with Gasteiger partial charge in [0, 0.05) is 0 Å². The summed E-state index contributed by atoms with van der Waals surface area (Å²) in [6.07, 6.45) is 0.471. The van der Waals surface area contributed by atoms with Gasteiger partial charge in [-0.3, -0.25) is 4.79 Å². The Morgan fingerprint density at radius 2 is 1.79 bits per heavy atom. The molecule has 19 heavy (non-hydrogen) atoms. The first-order valence-corrected chi connectivity index (χ1v) is 6.23. The van der Waals surface area contributed by atoms with Gasteiger partial charge in [0.2, 0.25) is 0 Å². The third kappa shape index (κ3) is 3.88. The molecule has 0 saturated carbocycles. The summed E-state index contributed by atoms with van der Waals surface area (Å²) >= 11 is 0. The van der Waals surface area contributed by atoms with E-state index in [9.17, 15) is 9.90 Å². The Hall–Kier alpha value is -1.71. The third-order valence-corrected chi connectivity index (χ3v) is 3.23. The molecule has 4 heteroatoms. The summed E-state index contributed by atoms with van der Waals surface area (Å²) in [5.74, 6) is 0.0554. The monoisotopic (exact) mass is 266 g/mol. The van der Waals surface area contributed by atoms with Crippen molar-refractivity contribution in [3.05, 3.63) is 23.8 Å². The molecule has 1 rings (SSSR count). The molecule has 4 nitrogen and oxygen atoms in total. The van der Waals surface area contributed by atoms with Crippen molar-refractivity contribution in [2.24, 2.45) is 11.3 Å². The molecule has 0 spiro atoms. The molecule has 0 aliphatic carbocycles. The zero-order valence-corrected chi connectivity index (χ0v) is 12.2. The highest BCUT2D eigenvalue weighted by atomic mass is 16.5. The molecule has 0 saturated heterocycles. The number of methoxy groups -OCH3 is 2. The topological polar surface area (TPSA) is 55.8 Å². The SMILES string of the molecule is COc1ccc(CC(C(=O)O)C(C)(C)C)cc1OC. The van der Waals surface area contributed by atoms with Crippen LogP contribution in [0.1, 0.15) is 26.3 Å². The lowest BCUT2D eigenvalue weighted by atomic mass is 9.77. The molecule has 106 valence electrons. The molecule has 0 aliphatic heterocycles. The van der Waals surface area contributed by atoms with Crippen molar-refractivity contribution in [1.29, 1.82) is 0 Å². The van der Waals surface area contributed by atoms with Crippen LogP contribution in [0.25, 0.3) is 0 Å². The Morgan fingerprint density at radius 3 is 2.21 bits per heavy atom. The highest BCUT2D eigenvalue weighted by Crippen LogP contribution is 2.33. The number of hydrogen-bond acceptors (Lipinski definition) is 3. The van der Waals surface area contributed by atoms with E-state index in [1.807, 2.05) is 32.9 Å². The van der Waals surface area contributed by atoms with Gasteiger partial charge in [-0.15, -0.1) is 0 Å². The van der Waals surface area contributed by atoms with Crippen LogP contribution in [0.2, 0.25) is 0 Å². The van der Waals surface area contributed by atoms with Crippen molar-refractivity contribution in [1.82, 2.24) is 0 Å². The van der Waals surface area contributed by atoms with Gasteiger partial charge in [-0.25, -0.2) is 0 Å². The fourth-order valence-corrected chi connectivity index (χ4v) is 2.01. The smallest absolute Gasteiger partial charge is 0.307 e. The van der Waals surface area contributed by atoms with Crippen LogP contribution >= 0.6 is 0 Å². The number of ether oxygens (including phenoxy) is 2. The summed E-state index contributed by atoms with van der Waals surface area (Å²) in [5.41, 5.74) is 0.638. The average molecular weight is 266 g/mol. The molecular weight excluding hydrogens is 244 g/mol. The summed E-state index contributed by atoms with van der Waals surface area (Å²) < 4.78 is 10.4. The Kier molecular flexibility index (Phi) is 4.81. The maximum Gasteiger partial charge on any atom is 0.307 e. The molecule has 0 aliphatic rings. The van der Waals surface area contributed by atoms with E-state index in [1.54, 1.807) is 20.3 Å². The summed E-state index contributed by atoms with van der Waals surface area (Å²) in [4.78, 5) is 11.4. The normalized spacial score (nSPS) is 12.9. The first-order valence-electron chi connectivity index (χ1n) is 6.23. The summed E-state index contributed by atoms with van der Waals surface area (Å²) in [6, 6.07) is 5.51. The fourth-order valence-electron chi connectivity index (χ4n) is 2.01. The number of benzene rings is 1. The highest BCUT2D eigenvalue weighted by molar-refractivity contribution is 5.71. The van der Waals surface area contributed by atoms with Crippen LogP contribution in [-0.2, 0) is 11.2 Å². The lowest BCUT2D eigenvalue weighted by molar-refractivity contribution is -0.145. The summed E-state index contributed by atoms with van der Waals surface area (Å²) in [5, 5.41) is 9.34. The van der Waals surface area contributed by atoms with Gasteiger partial charge in [0.15, 0.2) is 11.5 Å². The van der Waals surface area contributed by atoms with Gasteiger partial charge in [-0.1, -0.05) is 26.8 Å². The van der Waals surface area contributed by atoms with Gasteiger partial charge in [0.05, 0.1) is 20.1 Å². The van der Waals surface area contributed by atoms with E-state index in [0.717, 1.165) is 5.56 Å². The van der Waals surface area contributed by atoms with E-state index in [2.05, 4.69) is 0 Å². The predicted octanol–water partition coefficient (Wildman–Crippen LogP) is 2.99. The van der Waals surface area contributed by atoms with Crippen LogP contribution in [-0.4, -0.2) is 25.3 Å². The van der Waals surface area contributed by atoms with Crippen molar-refractivity contribution < 1.29 is 19.4 Å². The van der Waals surface area contributed by atoms with Gasteiger partial charge in [0.1, 0.15) is 0 Å². The predicted molar refractivity (Wildman–Crippen MR) is 73.8 cm³/mol. The van der Waals surface area contributed by atoms with Gasteiger partial charge in [0.25, 0.3) is 0 Å². The second-order valence-corrected chi connectivity index (χ2v) is 5.65. The van der Waals surface area contributed by atoms with Crippen LogP contribution < -0.4 is 9.47 Å². The number of rotatable bonds is 5. The zero-order valence-electron chi connectivity index (χ0n) is 12.2. The highest BCUT2D eigenvalue weighted by Gasteiger charge is 2.31. The van der Waals surface area contributed by atoms with Gasteiger partial charge in [-0.05, 0) is 29.5 Å². The van der Waals surface area contributed by atoms with Crippen molar-refractivity contribution in [3.8, 4) is 11.5 Å². The Labute approximate surface area is 114 Å².